The van der Waals surface area contributed by atoms with Crippen LogP contribution in [0.5, 0.6) is 22.4 Å². The third kappa shape index (κ3) is 4.01. The minimum atomic E-state index is 0.0233. The first-order valence-electron chi connectivity index (χ1n) is 8.27. The molecule has 1 fully saturated rings. The number of methoxy groups -OCH3 is 3. The summed E-state index contributed by atoms with van der Waals surface area (Å²) in [5, 5.41) is 2.52. The topological polar surface area (TPSA) is 70.1 Å². The Kier molecular flexibility index (Phi) is 5.82. The second-order valence-corrected chi connectivity index (χ2v) is 6.70. The molecule has 0 N–H and O–H groups in total. The van der Waals surface area contributed by atoms with Gasteiger partial charge in [0.25, 0.3) is 5.19 Å². The van der Waals surface area contributed by atoms with E-state index in [1.807, 2.05) is 5.38 Å². The average Bonchev–Trinajstić information content (AvgIpc) is 3.14. The van der Waals surface area contributed by atoms with Crippen LogP contribution in [0, 0.1) is 0 Å². The van der Waals surface area contributed by atoms with E-state index in [0.717, 1.165) is 5.56 Å². The number of nitrogens with zero attached hydrogens (tertiary/aromatic N) is 2. The minimum absolute atomic E-state index is 0.0233. The van der Waals surface area contributed by atoms with Gasteiger partial charge in [-0.1, -0.05) is 11.3 Å². The van der Waals surface area contributed by atoms with Gasteiger partial charge in [-0.25, -0.2) is 4.98 Å². The summed E-state index contributed by atoms with van der Waals surface area (Å²) in [4.78, 5) is 18.3. The lowest BCUT2D eigenvalue weighted by atomic mass is 10.0. The monoisotopic (exact) mass is 378 g/mol. The van der Waals surface area contributed by atoms with Gasteiger partial charge in [-0.2, -0.15) is 0 Å². The molecule has 1 aliphatic heterocycles. The molecule has 0 bridgehead atoms. The minimum Gasteiger partial charge on any atom is -0.496 e. The van der Waals surface area contributed by atoms with Crippen LogP contribution in [0.3, 0.4) is 0 Å². The van der Waals surface area contributed by atoms with Crippen LogP contribution in [-0.4, -0.2) is 56.3 Å². The van der Waals surface area contributed by atoms with Crippen molar-refractivity contribution >= 4 is 17.2 Å². The highest BCUT2D eigenvalue weighted by Crippen LogP contribution is 2.35. The first-order chi connectivity index (χ1) is 12.6. The van der Waals surface area contributed by atoms with Crippen LogP contribution in [0.25, 0.3) is 0 Å². The predicted molar refractivity (Wildman–Crippen MR) is 97.5 cm³/mol. The number of aromatic nitrogens is 1. The maximum atomic E-state index is 12.4. The van der Waals surface area contributed by atoms with E-state index in [0.29, 0.717) is 48.4 Å². The lowest BCUT2D eigenvalue weighted by Gasteiger charge is -2.38. The molecular formula is C18H22N2O5S. The molecule has 1 aromatic carbocycles. The fraction of sp³-hybridized carbons (Fsp3) is 0.444. The third-order valence-electron chi connectivity index (χ3n) is 4.28. The lowest BCUT2D eigenvalue weighted by Crippen LogP contribution is -2.56. The van der Waals surface area contributed by atoms with Crippen molar-refractivity contribution in [3.05, 3.63) is 29.3 Å². The van der Waals surface area contributed by atoms with E-state index in [2.05, 4.69) is 4.98 Å². The predicted octanol–water partition coefficient (Wildman–Crippen LogP) is 2.39. The van der Waals surface area contributed by atoms with E-state index in [-0.39, 0.29) is 12.0 Å². The lowest BCUT2D eigenvalue weighted by molar-refractivity contribution is -0.139. The van der Waals surface area contributed by atoms with Crippen molar-refractivity contribution in [1.29, 1.82) is 0 Å². The summed E-state index contributed by atoms with van der Waals surface area (Å²) in [5.74, 6) is 2.05. The van der Waals surface area contributed by atoms with E-state index >= 15 is 0 Å². The average molecular weight is 378 g/mol. The Labute approximate surface area is 156 Å². The molecular weight excluding hydrogens is 356 g/mol. The number of hydrogen-bond donors (Lipinski definition) is 0. The number of carbonyl (C=O) groups excluding carboxylic acids is 1. The molecule has 8 heteroatoms. The number of carbonyl (C=O) groups is 1. The van der Waals surface area contributed by atoms with Crippen molar-refractivity contribution in [2.24, 2.45) is 0 Å². The highest BCUT2D eigenvalue weighted by atomic mass is 32.1. The van der Waals surface area contributed by atoms with Crippen LogP contribution in [0.1, 0.15) is 12.0 Å². The molecule has 0 saturated carbocycles. The summed E-state index contributed by atoms with van der Waals surface area (Å²) in [6.07, 6.45) is 2.64. The molecule has 140 valence electrons. The summed E-state index contributed by atoms with van der Waals surface area (Å²) in [7, 11) is 4.77. The molecule has 26 heavy (non-hydrogen) atoms. The Balaban J connectivity index is 1.55. The number of amides is 1. The Hall–Kier alpha value is -2.48. The van der Waals surface area contributed by atoms with Crippen molar-refractivity contribution in [2.75, 3.05) is 34.4 Å². The van der Waals surface area contributed by atoms with Crippen molar-refractivity contribution in [1.82, 2.24) is 9.88 Å². The van der Waals surface area contributed by atoms with E-state index in [9.17, 15) is 4.79 Å². The molecule has 2 heterocycles. The van der Waals surface area contributed by atoms with Crippen LogP contribution < -0.4 is 18.9 Å². The summed E-state index contributed by atoms with van der Waals surface area (Å²) < 4.78 is 21.8. The molecule has 0 spiro atoms. The first-order valence-corrected chi connectivity index (χ1v) is 9.15. The van der Waals surface area contributed by atoms with E-state index < -0.39 is 0 Å². The van der Waals surface area contributed by atoms with Gasteiger partial charge in [0, 0.05) is 35.7 Å². The van der Waals surface area contributed by atoms with Crippen molar-refractivity contribution in [2.45, 2.75) is 18.9 Å². The molecule has 7 nitrogen and oxygen atoms in total. The molecule has 1 aromatic heterocycles. The van der Waals surface area contributed by atoms with E-state index in [4.69, 9.17) is 18.9 Å². The number of thiazole rings is 1. The summed E-state index contributed by atoms with van der Waals surface area (Å²) in [6, 6.07) is 3.59. The molecule has 3 rings (SSSR count). The second-order valence-electron chi connectivity index (χ2n) is 5.85. The Morgan fingerprint density at radius 1 is 1.19 bits per heavy atom. The van der Waals surface area contributed by atoms with E-state index in [1.54, 1.807) is 44.6 Å². The van der Waals surface area contributed by atoms with Crippen molar-refractivity contribution in [3.63, 3.8) is 0 Å². The normalized spacial score (nSPS) is 13.9. The Morgan fingerprint density at radius 3 is 2.42 bits per heavy atom. The first kappa shape index (κ1) is 18.3. The largest absolute Gasteiger partial charge is 0.496 e. The Morgan fingerprint density at radius 2 is 1.88 bits per heavy atom. The van der Waals surface area contributed by atoms with Crippen molar-refractivity contribution in [3.8, 4) is 22.4 Å². The zero-order chi connectivity index (χ0) is 18.5. The van der Waals surface area contributed by atoms with Gasteiger partial charge in [-0.3, -0.25) is 4.79 Å². The standard InChI is InChI=1S/C18H22N2O5S/c1-22-12-8-15(23-2)14(16(9-12)24-3)4-5-17(21)20-10-13(11-20)25-18-19-6-7-26-18/h6-9,13H,4-5,10-11H2,1-3H3. The molecule has 1 aliphatic rings. The summed E-state index contributed by atoms with van der Waals surface area (Å²) in [5.41, 5.74) is 0.861. The maximum Gasteiger partial charge on any atom is 0.273 e. The molecule has 1 saturated heterocycles. The van der Waals surface area contributed by atoms with Gasteiger partial charge >= 0.3 is 0 Å². The summed E-state index contributed by atoms with van der Waals surface area (Å²) >= 11 is 1.45. The molecule has 1 amide bonds. The second kappa shape index (κ2) is 8.27. The highest BCUT2D eigenvalue weighted by molar-refractivity contribution is 7.11. The molecule has 0 radical (unpaired) electrons. The van der Waals surface area contributed by atoms with Gasteiger partial charge in [0.1, 0.15) is 23.4 Å². The van der Waals surface area contributed by atoms with Gasteiger partial charge in [0.15, 0.2) is 0 Å². The van der Waals surface area contributed by atoms with Gasteiger partial charge in [-0.15, -0.1) is 0 Å². The van der Waals surface area contributed by atoms with Gasteiger partial charge in [-0.05, 0) is 6.42 Å². The molecule has 0 atom stereocenters. The smallest absolute Gasteiger partial charge is 0.273 e. The molecule has 2 aromatic rings. The number of rotatable bonds is 8. The number of hydrogen-bond acceptors (Lipinski definition) is 7. The number of likely N-dealkylation sites (tertiary alicyclic amines) is 1. The molecule has 0 aliphatic carbocycles. The maximum absolute atomic E-state index is 12.4. The van der Waals surface area contributed by atoms with Crippen LogP contribution in [-0.2, 0) is 11.2 Å². The fourth-order valence-corrected chi connectivity index (χ4v) is 3.39. The van der Waals surface area contributed by atoms with Gasteiger partial charge in [0.2, 0.25) is 5.91 Å². The van der Waals surface area contributed by atoms with Crippen molar-refractivity contribution < 1.29 is 23.7 Å². The van der Waals surface area contributed by atoms with E-state index in [1.165, 1.54) is 11.3 Å². The summed E-state index contributed by atoms with van der Waals surface area (Å²) in [6.45, 7) is 1.19. The number of benzene rings is 1. The van der Waals surface area contributed by atoms with Crippen LogP contribution in [0.4, 0.5) is 0 Å². The zero-order valence-corrected chi connectivity index (χ0v) is 15.9. The van der Waals surface area contributed by atoms with Crippen LogP contribution in [0.2, 0.25) is 0 Å². The molecule has 0 unspecified atom stereocenters. The quantitative estimate of drug-likeness (QED) is 0.703. The van der Waals surface area contributed by atoms with Gasteiger partial charge < -0.3 is 23.8 Å². The zero-order valence-electron chi connectivity index (χ0n) is 15.1. The Bertz CT molecular complexity index is 719. The third-order valence-corrected chi connectivity index (χ3v) is 4.94. The van der Waals surface area contributed by atoms with Gasteiger partial charge in [0.05, 0.1) is 34.4 Å². The number of ether oxygens (including phenoxy) is 4. The van der Waals surface area contributed by atoms with Crippen LogP contribution >= 0.6 is 11.3 Å². The van der Waals surface area contributed by atoms with Crippen LogP contribution in [0.15, 0.2) is 23.7 Å². The SMILES string of the molecule is COc1cc(OC)c(CCC(=O)N2CC(Oc3nccs3)C2)c(OC)c1. The highest BCUT2D eigenvalue weighted by Gasteiger charge is 2.32. The fourth-order valence-electron chi connectivity index (χ4n) is 2.84.